The fraction of sp³-hybridized carbons (Fsp3) is 0.125. The summed E-state index contributed by atoms with van der Waals surface area (Å²) in [6.07, 6.45) is 1.74. The number of pyridine rings is 1. The molecule has 20 heavy (non-hydrogen) atoms. The number of carbonyl (C=O) groups excluding carboxylic acids is 1. The number of benzene rings is 1. The van der Waals surface area contributed by atoms with E-state index in [4.69, 9.17) is 5.73 Å². The summed E-state index contributed by atoms with van der Waals surface area (Å²) < 4.78 is 0. The summed E-state index contributed by atoms with van der Waals surface area (Å²) >= 11 is 1.36. The Morgan fingerprint density at radius 1 is 1.15 bits per heavy atom. The van der Waals surface area contributed by atoms with E-state index >= 15 is 0 Å². The molecule has 0 saturated heterocycles. The first-order valence-corrected chi connectivity index (χ1v) is 7.14. The maximum atomic E-state index is 12.6. The second-order valence-corrected chi connectivity index (χ2v) is 5.85. The van der Waals surface area contributed by atoms with E-state index in [9.17, 15) is 4.79 Å². The summed E-state index contributed by atoms with van der Waals surface area (Å²) in [7, 11) is 0. The predicted octanol–water partition coefficient (Wildman–Crippen LogP) is 3.73. The Labute approximate surface area is 121 Å². The van der Waals surface area contributed by atoms with Gasteiger partial charge in [0.25, 0.3) is 0 Å². The minimum atomic E-state index is -0.0371. The van der Waals surface area contributed by atoms with Crippen LogP contribution in [-0.2, 0) is 0 Å². The third kappa shape index (κ3) is 1.98. The molecule has 0 fully saturated rings. The van der Waals surface area contributed by atoms with Gasteiger partial charge < -0.3 is 5.73 Å². The summed E-state index contributed by atoms with van der Waals surface area (Å²) in [6, 6.07) is 9.44. The van der Waals surface area contributed by atoms with E-state index in [1.54, 1.807) is 6.20 Å². The van der Waals surface area contributed by atoms with E-state index in [-0.39, 0.29) is 5.78 Å². The second-order valence-electron chi connectivity index (χ2n) is 4.85. The third-order valence-electron chi connectivity index (χ3n) is 3.36. The normalized spacial score (nSPS) is 10.9. The first-order chi connectivity index (χ1) is 9.58. The zero-order valence-corrected chi connectivity index (χ0v) is 12.1. The van der Waals surface area contributed by atoms with Crippen molar-refractivity contribution in [1.29, 1.82) is 0 Å². The second kappa shape index (κ2) is 4.72. The Bertz CT molecular complexity index is 803. The van der Waals surface area contributed by atoms with Crippen molar-refractivity contribution in [3.8, 4) is 0 Å². The maximum Gasteiger partial charge on any atom is 0.205 e. The van der Waals surface area contributed by atoms with Crippen LogP contribution in [0.1, 0.15) is 26.4 Å². The number of nitrogens with zero attached hydrogens (tertiary/aromatic N) is 1. The lowest BCUT2D eigenvalue weighted by Crippen LogP contribution is -2.02. The molecular formula is C16H14N2OS. The Kier molecular flexibility index (Phi) is 3.03. The molecule has 3 rings (SSSR count). The van der Waals surface area contributed by atoms with Crippen LogP contribution in [-0.4, -0.2) is 10.8 Å². The van der Waals surface area contributed by atoms with Gasteiger partial charge in [0.1, 0.15) is 9.71 Å². The van der Waals surface area contributed by atoms with Crippen LogP contribution >= 0.6 is 11.3 Å². The molecule has 3 aromatic rings. The Morgan fingerprint density at radius 3 is 2.50 bits per heavy atom. The van der Waals surface area contributed by atoms with Gasteiger partial charge >= 0.3 is 0 Å². The molecule has 100 valence electrons. The SMILES string of the molecule is Cc1ccc(C(=O)c2sc3nccc(C)c3c2N)cc1. The molecule has 2 N–H and O–H groups in total. The molecule has 0 bridgehead atoms. The van der Waals surface area contributed by atoms with Gasteiger partial charge in [-0.2, -0.15) is 0 Å². The molecular weight excluding hydrogens is 268 g/mol. The smallest absolute Gasteiger partial charge is 0.205 e. The monoisotopic (exact) mass is 282 g/mol. The Hall–Kier alpha value is -2.20. The van der Waals surface area contributed by atoms with Crippen molar-refractivity contribution >= 4 is 33.0 Å². The van der Waals surface area contributed by atoms with Gasteiger partial charge in [-0.25, -0.2) is 4.98 Å². The van der Waals surface area contributed by atoms with Crippen LogP contribution in [0.15, 0.2) is 36.5 Å². The molecule has 0 aliphatic heterocycles. The molecule has 2 heterocycles. The summed E-state index contributed by atoms with van der Waals surface area (Å²) in [5.41, 5.74) is 9.54. The summed E-state index contributed by atoms with van der Waals surface area (Å²) in [5.74, 6) is -0.0371. The predicted molar refractivity (Wildman–Crippen MR) is 83.4 cm³/mol. The standard InChI is InChI=1S/C16H14N2OS/c1-9-3-5-11(6-4-9)14(19)15-13(17)12-10(2)7-8-18-16(12)20-15/h3-8H,17H2,1-2H3. The van der Waals surface area contributed by atoms with Crippen molar-refractivity contribution in [3.63, 3.8) is 0 Å². The number of fused-ring (bicyclic) bond motifs is 1. The number of rotatable bonds is 2. The lowest BCUT2D eigenvalue weighted by atomic mass is 10.1. The van der Waals surface area contributed by atoms with Crippen molar-refractivity contribution in [2.45, 2.75) is 13.8 Å². The summed E-state index contributed by atoms with van der Waals surface area (Å²) in [5, 5.41) is 0.896. The van der Waals surface area contributed by atoms with E-state index < -0.39 is 0 Å². The number of aryl methyl sites for hydroxylation is 2. The van der Waals surface area contributed by atoms with Gasteiger partial charge in [0, 0.05) is 17.1 Å². The van der Waals surface area contributed by atoms with Gasteiger partial charge in [-0.3, -0.25) is 4.79 Å². The number of ketones is 1. The first-order valence-electron chi connectivity index (χ1n) is 6.33. The molecule has 1 aromatic carbocycles. The van der Waals surface area contributed by atoms with Gasteiger partial charge in [0.15, 0.2) is 0 Å². The van der Waals surface area contributed by atoms with Crippen molar-refractivity contribution in [2.24, 2.45) is 0 Å². The average molecular weight is 282 g/mol. The van der Waals surface area contributed by atoms with Crippen molar-refractivity contribution in [1.82, 2.24) is 4.98 Å². The van der Waals surface area contributed by atoms with Crippen LogP contribution < -0.4 is 5.73 Å². The number of anilines is 1. The van der Waals surface area contributed by atoms with Crippen LogP contribution in [0.2, 0.25) is 0 Å². The van der Waals surface area contributed by atoms with E-state index in [1.807, 2.05) is 44.2 Å². The van der Waals surface area contributed by atoms with E-state index in [0.717, 1.165) is 21.3 Å². The van der Waals surface area contributed by atoms with Crippen molar-refractivity contribution in [3.05, 3.63) is 58.1 Å². The molecule has 3 nitrogen and oxygen atoms in total. The summed E-state index contributed by atoms with van der Waals surface area (Å²) in [6.45, 7) is 3.97. The highest BCUT2D eigenvalue weighted by atomic mass is 32.1. The molecule has 2 aromatic heterocycles. The molecule has 0 spiro atoms. The van der Waals surface area contributed by atoms with Gasteiger partial charge in [0.2, 0.25) is 5.78 Å². The van der Waals surface area contributed by atoms with Gasteiger partial charge in [-0.05, 0) is 25.5 Å². The van der Waals surface area contributed by atoms with Gasteiger partial charge in [-0.15, -0.1) is 11.3 Å². The lowest BCUT2D eigenvalue weighted by Gasteiger charge is -2.01. The lowest BCUT2D eigenvalue weighted by molar-refractivity contribution is 0.104. The van der Waals surface area contributed by atoms with Gasteiger partial charge in [-0.1, -0.05) is 29.8 Å². The van der Waals surface area contributed by atoms with Crippen LogP contribution in [0.5, 0.6) is 0 Å². The highest BCUT2D eigenvalue weighted by Crippen LogP contribution is 2.35. The minimum absolute atomic E-state index is 0.0371. The largest absolute Gasteiger partial charge is 0.397 e. The topological polar surface area (TPSA) is 56.0 Å². The highest BCUT2D eigenvalue weighted by Gasteiger charge is 2.19. The number of hydrogen-bond donors (Lipinski definition) is 1. The van der Waals surface area contributed by atoms with Crippen molar-refractivity contribution in [2.75, 3.05) is 5.73 Å². The molecule has 0 saturated carbocycles. The first kappa shape index (κ1) is 12.8. The number of nitrogens with two attached hydrogens (primary N) is 1. The highest BCUT2D eigenvalue weighted by molar-refractivity contribution is 7.21. The zero-order valence-electron chi connectivity index (χ0n) is 11.3. The Morgan fingerprint density at radius 2 is 1.85 bits per heavy atom. The molecule has 0 atom stereocenters. The molecule has 0 aliphatic rings. The summed E-state index contributed by atoms with van der Waals surface area (Å²) in [4.78, 5) is 18.3. The fourth-order valence-electron chi connectivity index (χ4n) is 2.21. The molecule has 0 amide bonds. The maximum absolute atomic E-state index is 12.6. The number of hydrogen-bond acceptors (Lipinski definition) is 4. The van der Waals surface area contributed by atoms with Crippen LogP contribution in [0.4, 0.5) is 5.69 Å². The minimum Gasteiger partial charge on any atom is -0.397 e. The number of carbonyl (C=O) groups is 1. The molecule has 4 heteroatoms. The average Bonchev–Trinajstić information content (AvgIpc) is 2.77. The quantitative estimate of drug-likeness (QED) is 0.729. The van der Waals surface area contributed by atoms with E-state index in [2.05, 4.69) is 4.98 Å². The van der Waals surface area contributed by atoms with E-state index in [0.29, 0.717) is 16.1 Å². The number of aromatic nitrogens is 1. The van der Waals surface area contributed by atoms with Crippen LogP contribution in [0.3, 0.4) is 0 Å². The van der Waals surface area contributed by atoms with Gasteiger partial charge in [0.05, 0.1) is 5.69 Å². The third-order valence-corrected chi connectivity index (χ3v) is 4.47. The molecule has 0 radical (unpaired) electrons. The molecule has 0 unspecified atom stereocenters. The number of thiophene rings is 1. The Balaban J connectivity index is 2.15. The fourth-order valence-corrected chi connectivity index (χ4v) is 3.31. The zero-order chi connectivity index (χ0) is 14.3. The van der Waals surface area contributed by atoms with E-state index in [1.165, 1.54) is 11.3 Å². The number of nitrogen functional groups attached to an aromatic ring is 1. The van der Waals surface area contributed by atoms with Crippen LogP contribution in [0.25, 0.3) is 10.2 Å². The van der Waals surface area contributed by atoms with Crippen LogP contribution in [0, 0.1) is 13.8 Å². The van der Waals surface area contributed by atoms with Crippen molar-refractivity contribution < 1.29 is 4.79 Å². The molecule has 0 aliphatic carbocycles.